The first-order valence-electron chi connectivity index (χ1n) is 8.56. The van der Waals surface area contributed by atoms with E-state index in [-0.39, 0.29) is 31.4 Å². The van der Waals surface area contributed by atoms with E-state index in [2.05, 4.69) is 5.32 Å². The number of aliphatic hydroxyl groups excluding tert-OH is 2. The molecule has 0 fully saturated rings. The van der Waals surface area contributed by atoms with Gasteiger partial charge in [-0.2, -0.15) is 0 Å². The van der Waals surface area contributed by atoms with Gasteiger partial charge in [0.1, 0.15) is 0 Å². The van der Waals surface area contributed by atoms with Crippen LogP contribution >= 0.6 is 0 Å². The number of amides is 3. The van der Waals surface area contributed by atoms with Crippen LogP contribution in [0.3, 0.4) is 0 Å². The van der Waals surface area contributed by atoms with Crippen LogP contribution in [0.4, 0.5) is 0 Å². The van der Waals surface area contributed by atoms with E-state index >= 15 is 0 Å². The first-order valence-corrected chi connectivity index (χ1v) is 8.56. The van der Waals surface area contributed by atoms with E-state index in [0.29, 0.717) is 25.8 Å². The maximum absolute atomic E-state index is 11.8. The van der Waals surface area contributed by atoms with E-state index in [1.165, 1.54) is 19.3 Å². The zero-order chi connectivity index (χ0) is 18.8. The Bertz CT molecular complexity index is 472. The summed E-state index contributed by atoms with van der Waals surface area (Å²) in [5.74, 6) is -1.28. The van der Waals surface area contributed by atoms with Crippen molar-refractivity contribution in [3.05, 3.63) is 12.2 Å². The van der Waals surface area contributed by atoms with E-state index in [0.717, 1.165) is 4.90 Å². The highest BCUT2D eigenvalue weighted by Gasteiger charge is 2.26. The number of carbonyl (C=O) groups excluding carboxylic acids is 3. The summed E-state index contributed by atoms with van der Waals surface area (Å²) in [6.45, 7) is 2.26. The first kappa shape index (κ1) is 21.3. The van der Waals surface area contributed by atoms with Gasteiger partial charge in [0, 0.05) is 51.3 Å². The smallest absolute Gasteiger partial charge is 0.253 e. The molecule has 0 aromatic rings. The van der Waals surface area contributed by atoms with Crippen molar-refractivity contribution >= 4 is 17.7 Å². The standard InChI is InChI=1S/C17H28N2O6/c1-3-12(11-20)17(24)13(25-2)5-4-9-18-14(21)8-10-19-15(22)6-7-16(19)23/h6-7,12-13,17,20,24H,3-5,8-11H2,1-2H3,(H,18,21). The molecule has 8 heteroatoms. The molecule has 3 atom stereocenters. The van der Waals surface area contributed by atoms with Crippen molar-refractivity contribution in [1.29, 1.82) is 0 Å². The molecular formula is C17H28N2O6. The Morgan fingerprint density at radius 2 is 1.96 bits per heavy atom. The van der Waals surface area contributed by atoms with Crippen molar-refractivity contribution in [3.8, 4) is 0 Å². The monoisotopic (exact) mass is 356 g/mol. The third-order valence-electron chi connectivity index (χ3n) is 4.38. The van der Waals surface area contributed by atoms with Crippen LogP contribution in [0, 0.1) is 5.92 Å². The Morgan fingerprint density at radius 1 is 1.32 bits per heavy atom. The second-order valence-corrected chi connectivity index (χ2v) is 6.02. The lowest BCUT2D eigenvalue weighted by Gasteiger charge is -2.27. The summed E-state index contributed by atoms with van der Waals surface area (Å²) >= 11 is 0. The predicted molar refractivity (Wildman–Crippen MR) is 90.4 cm³/mol. The Hall–Kier alpha value is -1.77. The number of nitrogens with one attached hydrogen (secondary N) is 1. The average Bonchev–Trinajstić information content (AvgIpc) is 2.92. The molecular weight excluding hydrogens is 328 g/mol. The molecule has 25 heavy (non-hydrogen) atoms. The molecule has 3 unspecified atom stereocenters. The number of aliphatic hydroxyl groups is 2. The van der Waals surface area contributed by atoms with Gasteiger partial charge in [0.2, 0.25) is 5.91 Å². The fourth-order valence-corrected chi connectivity index (χ4v) is 2.69. The van der Waals surface area contributed by atoms with Gasteiger partial charge in [0.15, 0.2) is 0 Å². The van der Waals surface area contributed by atoms with Crippen molar-refractivity contribution in [3.63, 3.8) is 0 Å². The second kappa shape index (κ2) is 11.0. The number of carbonyl (C=O) groups is 3. The lowest BCUT2D eigenvalue weighted by molar-refractivity contribution is -0.137. The Morgan fingerprint density at radius 3 is 2.48 bits per heavy atom. The Labute approximate surface area is 147 Å². The Balaban J connectivity index is 2.24. The largest absolute Gasteiger partial charge is 0.396 e. The molecule has 142 valence electrons. The van der Waals surface area contributed by atoms with Gasteiger partial charge in [-0.1, -0.05) is 6.92 Å². The van der Waals surface area contributed by atoms with Crippen molar-refractivity contribution in [1.82, 2.24) is 10.2 Å². The van der Waals surface area contributed by atoms with Crippen LogP contribution in [-0.4, -0.2) is 71.8 Å². The highest BCUT2D eigenvalue weighted by Crippen LogP contribution is 2.17. The maximum Gasteiger partial charge on any atom is 0.253 e. The van der Waals surface area contributed by atoms with Gasteiger partial charge in [0.25, 0.3) is 11.8 Å². The maximum atomic E-state index is 11.8. The molecule has 1 aliphatic rings. The molecule has 1 aliphatic heterocycles. The van der Waals surface area contributed by atoms with Crippen LogP contribution in [0.15, 0.2) is 12.2 Å². The quantitative estimate of drug-likeness (QED) is 0.323. The number of rotatable bonds is 12. The normalized spacial score (nSPS) is 17.7. The lowest BCUT2D eigenvalue weighted by Crippen LogP contribution is -2.37. The van der Waals surface area contributed by atoms with E-state index in [1.807, 2.05) is 6.92 Å². The van der Waals surface area contributed by atoms with Crippen LogP contribution in [-0.2, 0) is 19.1 Å². The predicted octanol–water partition coefficient (Wildman–Crippen LogP) is -0.408. The molecule has 0 bridgehead atoms. The van der Waals surface area contributed by atoms with Gasteiger partial charge in [-0.15, -0.1) is 0 Å². The van der Waals surface area contributed by atoms with Gasteiger partial charge in [-0.25, -0.2) is 0 Å². The fraction of sp³-hybridized carbons (Fsp3) is 0.706. The summed E-state index contributed by atoms with van der Waals surface area (Å²) in [6, 6.07) is 0. The molecule has 0 spiro atoms. The van der Waals surface area contributed by atoms with Crippen LogP contribution < -0.4 is 5.32 Å². The minimum atomic E-state index is -0.754. The number of methoxy groups -OCH3 is 1. The van der Waals surface area contributed by atoms with Crippen LogP contribution in [0.5, 0.6) is 0 Å². The molecule has 1 heterocycles. The summed E-state index contributed by atoms with van der Waals surface area (Å²) in [6.07, 6.45) is 3.07. The summed E-state index contributed by atoms with van der Waals surface area (Å²) in [4.78, 5) is 35.5. The molecule has 1 rings (SSSR count). The van der Waals surface area contributed by atoms with E-state index in [4.69, 9.17) is 4.74 Å². The van der Waals surface area contributed by atoms with Crippen LogP contribution in [0.1, 0.15) is 32.6 Å². The van der Waals surface area contributed by atoms with E-state index < -0.39 is 24.0 Å². The number of hydrogen-bond acceptors (Lipinski definition) is 6. The first-order chi connectivity index (χ1) is 11.9. The van der Waals surface area contributed by atoms with E-state index in [9.17, 15) is 24.6 Å². The van der Waals surface area contributed by atoms with Crippen LogP contribution in [0.2, 0.25) is 0 Å². The Kier molecular flexibility index (Phi) is 9.33. The number of nitrogens with zero attached hydrogens (tertiary/aromatic N) is 1. The number of imide groups is 1. The highest BCUT2D eigenvalue weighted by atomic mass is 16.5. The van der Waals surface area contributed by atoms with Gasteiger partial charge in [-0.3, -0.25) is 19.3 Å². The van der Waals surface area contributed by atoms with Crippen molar-refractivity contribution < 1.29 is 29.3 Å². The van der Waals surface area contributed by atoms with Gasteiger partial charge >= 0.3 is 0 Å². The van der Waals surface area contributed by atoms with Crippen molar-refractivity contribution in [2.24, 2.45) is 5.92 Å². The minimum Gasteiger partial charge on any atom is -0.396 e. The number of hydrogen-bond donors (Lipinski definition) is 3. The molecule has 0 saturated carbocycles. The van der Waals surface area contributed by atoms with Gasteiger partial charge in [0.05, 0.1) is 12.2 Å². The topological polar surface area (TPSA) is 116 Å². The molecule has 0 saturated heterocycles. The molecule has 3 N–H and O–H groups in total. The summed E-state index contributed by atoms with van der Waals surface area (Å²) < 4.78 is 5.28. The van der Waals surface area contributed by atoms with Crippen LogP contribution in [0.25, 0.3) is 0 Å². The van der Waals surface area contributed by atoms with Gasteiger partial charge < -0.3 is 20.3 Å². The molecule has 0 radical (unpaired) electrons. The zero-order valence-electron chi connectivity index (χ0n) is 14.8. The fourth-order valence-electron chi connectivity index (χ4n) is 2.69. The van der Waals surface area contributed by atoms with Crippen molar-refractivity contribution in [2.45, 2.75) is 44.8 Å². The third-order valence-corrected chi connectivity index (χ3v) is 4.38. The average molecular weight is 356 g/mol. The molecule has 0 aromatic carbocycles. The van der Waals surface area contributed by atoms with E-state index in [1.54, 1.807) is 0 Å². The molecule has 3 amide bonds. The van der Waals surface area contributed by atoms with Gasteiger partial charge in [-0.05, 0) is 19.3 Å². The third kappa shape index (κ3) is 6.56. The molecule has 8 nitrogen and oxygen atoms in total. The summed E-state index contributed by atoms with van der Waals surface area (Å²) in [7, 11) is 1.51. The minimum absolute atomic E-state index is 0.0535. The number of ether oxygens (including phenoxy) is 1. The lowest BCUT2D eigenvalue weighted by atomic mass is 9.93. The SMILES string of the molecule is CCC(CO)C(O)C(CCCNC(=O)CCN1C(=O)C=CC1=O)OC. The summed E-state index contributed by atoms with van der Waals surface area (Å²) in [5, 5.41) is 22.1. The highest BCUT2D eigenvalue weighted by molar-refractivity contribution is 6.13. The zero-order valence-corrected chi connectivity index (χ0v) is 14.8. The summed E-state index contributed by atoms with van der Waals surface area (Å²) in [5.41, 5.74) is 0. The molecule has 0 aliphatic carbocycles. The second-order valence-electron chi connectivity index (χ2n) is 6.02. The molecule has 0 aromatic heterocycles. The van der Waals surface area contributed by atoms with Crippen molar-refractivity contribution in [2.75, 3.05) is 26.8 Å².